The number of benzene rings is 3. The predicted molar refractivity (Wildman–Crippen MR) is 107 cm³/mol. The number of rotatable bonds is 6. The molecule has 0 unspecified atom stereocenters. The fraction of sp³-hybridized carbons (Fsp3) is 0.0526. The van der Waals surface area contributed by atoms with Crippen molar-refractivity contribution in [2.75, 3.05) is 4.72 Å². The van der Waals surface area contributed by atoms with E-state index in [-0.39, 0.29) is 22.0 Å². The van der Waals surface area contributed by atoms with Crippen LogP contribution in [0.2, 0.25) is 5.02 Å². The van der Waals surface area contributed by atoms with Gasteiger partial charge in [0, 0.05) is 17.2 Å². The van der Waals surface area contributed by atoms with E-state index in [0.717, 1.165) is 6.07 Å². The maximum absolute atomic E-state index is 12.9. The van der Waals surface area contributed by atoms with E-state index < -0.39 is 14.9 Å². The monoisotopic (exact) mass is 418 g/mol. The van der Waals surface area contributed by atoms with Crippen LogP contribution in [0.25, 0.3) is 0 Å². The van der Waals surface area contributed by atoms with Crippen molar-refractivity contribution < 1.29 is 18.1 Å². The molecule has 0 aliphatic heterocycles. The molecule has 0 fully saturated rings. The van der Waals surface area contributed by atoms with Crippen LogP contribution in [-0.2, 0) is 10.0 Å². The van der Waals surface area contributed by atoms with Gasteiger partial charge >= 0.3 is 0 Å². The van der Waals surface area contributed by atoms with Gasteiger partial charge in [-0.05, 0) is 42.8 Å². The van der Waals surface area contributed by atoms with E-state index in [0.29, 0.717) is 16.3 Å². The second-order valence-electron chi connectivity index (χ2n) is 5.87. The van der Waals surface area contributed by atoms with Crippen LogP contribution in [-0.4, -0.2) is 13.3 Å². The zero-order valence-corrected chi connectivity index (χ0v) is 16.2. The summed E-state index contributed by atoms with van der Waals surface area (Å²) in [5.74, 6) is 0.749. The molecule has 0 amide bonds. The lowest BCUT2D eigenvalue weighted by atomic mass is 10.2. The van der Waals surface area contributed by atoms with Crippen molar-refractivity contribution >= 4 is 33.0 Å². The molecule has 3 aromatic rings. The molecule has 0 radical (unpaired) electrons. The van der Waals surface area contributed by atoms with E-state index >= 15 is 0 Å². The summed E-state index contributed by atoms with van der Waals surface area (Å²) in [6, 6.07) is 17.0. The molecule has 3 rings (SSSR count). The Balaban J connectivity index is 2.00. The number of hydrogen-bond donors (Lipinski definition) is 1. The normalized spacial score (nSPS) is 11.1. The third kappa shape index (κ3) is 4.41. The van der Waals surface area contributed by atoms with Gasteiger partial charge in [-0.2, -0.15) is 0 Å². The van der Waals surface area contributed by atoms with Crippen LogP contribution < -0.4 is 9.46 Å². The molecule has 9 heteroatoms. The standard InChI is InChI=1S/C19H15ClN2O5S/c1-13-7-9-15(22(23)24)12-19(13)28(25,26)21-17-11-14(20)8-10-18(17)27-16-5-3-2-4-6-16/h2-12,21H,1H3. The Morgan fingerprint density at radius 2 is 1.75 bits per heavy atom. The van der Waals surface area contributed by atoms with Gasteiger partial charge in [0.25, 0.3) is 15.7 Å². The lowest BCUT2D eigenvalue weighted by molar-refractivity contribution is -0.385. The number of sulfonamides is 1. The molecule has 1 N–H and O–H groups in total. The summed E-state index contributed by atoms with van der Waals surface area (Å²) < 4.78 is 33.9. The van der Waals surface area contributed by atoms with E-state index in [9.17, 15) is 18.5 Å². The van der Waals surface area contributed by atoms with Crippen LogP contribution in [0.15, 0.2) is 71.6 Å². The van der Waals surface area contributed by atoms with Crippen LogP contribution in [0.4, 0.5) is 11.4 Å². The molecule has 3 aromatic carbocycles. The fourth-order valence-corrected chi connectivity index (χ4v) is 3.98. The van der Waals surface area contributed by atoms with Gasteiger partial charge in [-0.25, -0.2) is 8.42 Å². The molecule has 28 heavy (non-hydrogen) atoms. The molecule has 0 aliphatic carbocycles. The largest absolute Gasteiger partial charge is 0.455 e. The van der Waals surface area contributed by atoms with Crippen molar-refractivity contribution in [2.24, 2.45) is 0 Å². The van der Waals surface area contributed by atoms with Crippen LogP contribution in [0.5, 0.6) is 11.5 Å². The minimum atomic E-state index is -4.12. The smallest absolute Gasteiger partial charge is 0.270 e. The SMILES string of the molecule is Cc1ccc([N+](=O)[O-])cc1S(=O)(=O)Nc1cc(Cl)ccc1Oc1ccccc1. The van der Waals surface area contributed by atoms with Crippen molar-refractivity contribution in [3.05, 3.63) is 87.4 Å². The molecule has 0 saturated carbocycles. The predicted octanol–water partition coefficient (Wildman–Crippen LogP) is 5.15. The summed E-state index contributed by atoms with van der Waals surface area (Å²) in [6.07, 6.45) is 0. The second kappa shape index (κ2) is 7.87. The molecule has 0 aliphatic rings. The van der Waals surface area contributed by atoms with Gasteiger partial charge in [0.05, 0.1) is 15.5 Å². The highest BCUT2D eigenvalue weighted by molar-refractivity contribution is 7.92. The number of nitrogens with zero attached hydrogens (tertiary/aromatic N) is 1. The molecular weight excluding hydrogens is 404 g/mol. The molecule has 0 heterocycles. The zero-order valence-electron chi connectivity index (χ0n) is 14.6. The number of hydrogen-bond acceptors (Lipinski definition) is 5. The number of halogens is 1. The highest BCUT2D eigenvalue weighted by atomic mass is 35.5. The van der Waals surface area contributed by atoms with Crippen LogP contribution >= 0.6 is 11.6 Å². The van der Waals surface area contributed by atoms with Gasteiger partial charge in [-0.1, -0.05) is 35.9 Å². The molecule has 0 bridgehead atoms. The molecule has 0 atom stereocenters. The Morgan fingerprint density at radius 1 is 1.04 bits per heavy atom. The quantitative estimate of drug-likeness (QED) is 0.441. The van der Waals surface area contributed by atoms with Crippen molar-refractivity contribution in [3.63, 3.8) is 0 Å². The Labute approximate surface area is 166 Å². The van der Waals surface area contributed by atoms with Crippen LogP contribution in [0, 0.1) is 17.0 Å². The minimum absolute atomic E-state index is 0.113. The summed E-state index contributed by atoms with van der Waals surface area (Å²) in [6.45, 7) is 1.55. The van der Waals surface area contributed by atoms with Crippen molar-refractivity contribution in [1.29, 1.82) is 0 Å². The van der Waals surface area contributed by atoms with Gasteiger partial charge in [0.2, 0.25) is 0 Å². The maximum Gasteiger partial charge on any atom is 0.270 e. The van der Waals surface area contributed by atoms with Crippen LogP contribution in [0.1, 0.15) is 5.56 Å². The number of non-ortho nitro benzene ring substituents is 1. The Kier molecular flexibility index (Phi) is 5.53. The minimum Gasteiger partial charge on any atom is -0.455 e. The van der Waals surface area contributed by atoms with Gasteiger partial charge in [0.1, 0.15) is 5.75 Å². The third-order valence-corrected chi connectivity index (χ3v) is 5.57. The highest BCUT2D eigenvalue weighted by Gasteiger charge is 2.22. The maximum atomic E-state index is 12.9. The topological polar surface area (TPSA) is 98.5 Å². The molecule has 7 nitrogen and oxygen atoms in total. The number of para-hydroxylation sites is 1. The van der Waals surface area contributed by atoms with Gasteiger partial charge in [-0.15, -0.1) is 0 Å². The van der Waals surface area contributed by atoms with Crippen molar-refractivity contribution in [1.82, 2.24) is 0 Å². The van der Waals surface area contributed by atoms with Crippen molar-refractivity contribution in [3.8, 4) is 11.5 Å². The van der Waals surface area contributed by atoms with E-state index in [1.54, 1.807) is 37.3 Å². The van der Waals surface area contributed by atoms with Gasteiger partial charge < -0.3 is 4.74 Å². The molecule has 0 aromatic heterocycles. The number of nitrogens with one attached hydrogen (secondary N) is 1. The Hall–Kier alpha value is -3.10. The van der Waals surface area contributed by atoms with E-state index in [4.69, 9.17) is 16.3 Å². The number of nitro benzene ring substituents is 1. The fourth-order valence-electron chi connectivity index (χ4n) is 2.48. The number of anilines is 1. The van der Waals surface area contributed by atoms with E-state index in [2.05, 4.69) is 4.72 Å². The van der Waals surface area contributed by atoms with E-state index in [1.165, 1.54) is 24.3 Å². The summed E-state index contributed by atoms with van der Waals surface area (Å²) in [7, 11) is -4.12. The number of ether oxygens (including phenoxy) is 1. The average Bonchev–Trinajstić information content (AvgIpc) is 2.64. The first-order valence-electron chi connectivity index (χ1n) is 8.06. The lowest BCUT2D eigenvalue weighted by Gasteiger charge is -2.15. The summed E-state index contributed by atoms with van der Waals surface area (Å²) in [4.78, 5) is 10.2. The molecule has 0 saturated heterocycles. The average molecular weight is 419 g/mol. The number of aryl methyl sites for hydroxylation is 1. The molecular formula is C19H15ClN2O5S. The Bertz CT molecular complexity index is 1130. The molecule has 144 valence electrons. The second-order valence-corrected chi connectivity index (χ2v) is 7.96. The molecule has 0 spiro atoms. The summed E-state index contributed by atoms with van der Waals surface area (Å²) in [5.41, 5.74) is 0.158. The van der Waals surface area contributed by atoms with Gasteiger partial charge in [-0.3, -0.25) is 14.8 Å². The summed E-state index contributed by atoms with van der Waals surface area (Å²) in [5, 5.41) is 11.3. The Morgan fingerprint density at radius 3 is 2.43 bits per heavy atom. The lowest BCUT2D eigenvalue weighted by Crippen LogP contribution is -2.15. The van der Waals surface area contributed by atoms with Crippen molar-refractivity contribution in [2.45, 2.75) is 11.8 Å². The number of nitro groups is 1. The zero-order chi connectivity index (χ0) is 20.3. The first-order valence-corrected chi connectivity index (χ1v) is 9.93. The summed E-state index contributed by atoms with van der Waals surface area (Å²) >= 11 is 6.01. The highest BCUT2D eigenvalue weighted by Crippen LogP contribution is 2.34. The first-order chi connectivity index (χ1) is 13.3. The van der Waals surface area contributed by atoms with E-state index in [1.807, 2.05) is 6.07 Å². The van der Waals surface area contributed by atoms with Crippen LogP contribution in [0.3, 0.4) is 0 Å². The first kappa shape index (κ1) is 19.7. The third-order valence-electron chi connectivity index (χ3n) is 3.83. The van der Waals surface area contributed by atoms with Gasteiger partial charge in [0.15, 0.2) is 5.75 Å².